The highest BCUT2D eigenvalue weighted by Gasteiger charge is 2.34. The molecule has 0 radical (unpaired) electrons. The average molecular weight is 305 g/mol. The lowest BCUT2D eigenvalue weighted by molar-refractivity contribution is -0.139. The van der Waals surface area contributed by atoms with Gasteiger partial charge in [0.25, 0.3) is 0 Å². The van der Waals surface area contributed by atoms with Gasteiger partial charge in [-0.3, -0.25) is 9.69 Å². The van der Waals surface area contributed by atoms with Crippen LogP contribution < -0.4 is 10.6 Å². The Balaban J connectivity index is 1.66. The molecular weight excluding hydrogens is 282 g/mol. The van der Waals surface area contributed by atoms with Crippen LogP contribution in [0.3, 0.4) is 0 Å². The summed E-state index contributed by atoms with van der Waals surface area (Å²) in [4.78, 5) is 24.5. The number of carbonyl (C=O) groups excluding carboxylic acids is 1. The van der Waals surface area contributed by atoms with E-state index in [0.29, 0.717) is 13.1 Å². The molecule has 0 spiro atoms. The van der Waals surface area contributed by atoms with E-state index in [1.807, 2.05) is 42.2 Å². The first kappa shape index (κ1) is 16.3. The van der Waals surface area contributed by atoms with E-state index in [4.69, 9.17) is 5.11 Å². The van der Waals surface area contributed by atoms with Gasteiger partial charge in [-0.05, 0) is 24.9 Å². The molecule has 6 heteroatoms. The van der Waals surface area contributed by atoms with Crippen LogP contribution in [-0.2, 0) is 11.3 Å². The number of aliphatic carboxylic acids is 1. The third kappa shape index (κ3) is 4.73. The molecule has 0 heterocycles. The average Bonchev–Trinajstić information content (AvgIpc) is 2.47. The summed E-state index contributed by atoms with van der Waals surface area (Å²) >= 11 is 0. The van der Waals surface area contributed by atoms with Gasteiger partial charge in [0.2, 0.25) is 0 Å². The van der Waals surface area contributed by atoms with Crippen molar-refractivity contribution in [3.8, 4) is 0 Å². The molecule has 1 aromatic rings. The minimum absolute atomic E-state index is 0.0636. The highest BCUT2D eigenvalue weighted by molar-refractivity contribution is 5.74. The molecule has 0 aliphatic heterocycles. The van der Waals surface area contributed by atoms with E-state index in [9.17, 15) is 9.59 Å². The molecule has 1 aliphatic rings. The molecule has 1 aliphatic carbocycles. The van der Waals surface area contributed by atoms with Gasteiger partial charge in [-0.15, -0.1) is 0 Å². The van der Waals surface area contributed by atoms with Crippen molar-refractivity contribution in [3.63, 3.8) is 0 Å². The SMILES string of the molecule is CCN(CC(=O)O)C1CC(NC(=O)NCc2ccccc2)C1. The van der Waals surface area contributed by atoms with Gasteiger partial charge in [-0.25, -0.2) is 4.79 Å². The van der Waals surface area contributed by atoms with Crippen molar-refractivity contribution in [2.24, 2.45) is 0 Å². The van der Waals surface area contributed by atoms with Crippen molar-refractivity contribution < 1.29 is 14.7 Å². The molecule has 3 N–H and O–H groups in total. The summed E-state index contributed by atoms with van der Waals surface area (Å²) in [5.74, 6) is -0.807. The third-order valence-corrected chi connectivity index (χ3v) is 4.01. The van der Waals surface area contributed by atoms with Crippen LogP contribution in [0.2, 0.25) is 0 Å². The molecule has 0 aromatic heterocycles. The Morgan fingerprint density at radius 2 is 1.95 bits per heavy atom. The number of carboxylic acids is 1. The van der Waals surface area contributed by atoms with E-state index in [1.165, 1.54) is 0 Å². The van der Waals surface area contributed by atoms with Crippen molar-refractivity contribution >= 4 is 12.0 Å². The molecule has 2 rings (SSSR count). The number of urea groups is 1. The maximum Gasteiger partial charge on any atom is 0.317 e. The standard InChI is InChI=1S/C16H23N3O3/c1-2-19(11-15(20)21)14-8-13(9-14)18-16(22)17-10-12-6-4-3-5-7-12/h3-7,13-14H,2,8-11H2,1H3,(H,20,21)(H2,17,18,22). The van der Waals surface area contributed by atoms with Gasteiger partial charge in [0.05, 0.1) is 6.54 Å². The van der Waals surface area contributed by atoms with Crippen LogP contribution in [0.15, 0.2) is 30.3 Å². The quantitative estimate of drug-likeness (QED) is 0.711. The number of rotatable bonds is 7. The number of nitrogens with one attached hydrogen (secondary N) is 2. The molecule has 1 fully saturated rings. The van der Waals surface area contributed by atoms with Crippen molar-refractivity contribution in [1.29, 1.82) is 0 Å². The lowest BCUT2D eigenvalue weighted by Gasteiger charge is -2.42. The van der Waals surface area contributed by atoms with E-state index in [-0.39, 0.29) is 24.7 Å². The number of nitrogens with zero attached hydrogens (tertiary/aromatic N) is 1. The largest absolute Gasteiger partial charge is 0.480 e. The number of hydrogen-bond acceptors (Lipinski definition) is 3. The fourth-order valence-electron chi connectivity index (χ4n) is 2.69. The maximum absolute atomic E-state index is 11.8. The van der Waals surface area contributed by atoms with Crippen LogP contribution in [-0.4, -0.2) is 47.2 Å². The second kappa shape index (κ2) is 7.79. The van der Waals surface area contributed by atoms with Gasteiger partial charge in [-0.1, -0.05) is 37.3 Å². The van der Waals surface area contributed by atoms with E-state index in [0.717, 1.165) is 18.4 Å². The van der Waals surface area contributed by atoms with Crippen molar-refractivity contribution in [1.82, 2.24) is 15.5 Å². The summed E-state index contributed by atoms with van der Waals surface area (Å²) in [6.07, 6.45) is 1.61. The van der Waals surface area contributed by atoms with Gasteiger partial charge >= 0.3 is 12.0 Å². The highest BCUT2D eigenvalue weighted by Crippen LogP contribution is 2.25. The lowest BCUT2D eigenvalue weighted by atomic mass is 9.85. The summed E-state index contributed by atoms with van der Waals surface area (Å²) in [6.45, 7) is 3.23. The van der Waals surface area contributed by atoms with Gasteiger partial charge in [0.1, 0.15) is 0 Å². The third-order valence-electron chi connectivity index (χ3n) is 4.01. The van der Waals surface area contributed by atoms with Crippen LogP contribution in [0.5, 0.6) is 0 Å². The van der Waals surface area contributed by atoms with Crippen LogP contribution in [0, 0.1) is 0 Å². The Morgan fingerprint density at radius 1 is 1.27 bits per heavy atom. The van der Waals surface area contributed by atoms with Gasteiger partial charge in [0.15, 0.2) is 0 Å². The first-order valence-corrected chi connectivity index (χ1v) is 7.62. The molecule has 0 unspecified atom stereocenters. The maximum atomic E-state index is 11.8. The molecule has 22 heavy (non-hydrogen) atoms. The lowest BCUT2D eigenvalue weighted by Crippen LogP contribution is -2.56. The Hall–Kier alpha value is -2.08. The molecule has 1 saturated carbocycles. The van der Waals surface area contributed by atoms with Crippen LogP contribution in [0.25, 0.3) is 0 Å². The first-order valence-electron chi connectivity index (χ1n) is 7.62. The molecule has 0 bridgehead atoms. The predicted molar refractivity (Wildman–Crippen MR) is 83.5 cm³/mol. The van der Waals surface area contributed by atoms with Crippen molar-refractivity contribution in [2.45, 2.75) is 38.4 Å². The second-order valence-corrected chi connectivity index (χ2v) is 5.59. The zero-order valence-corrected chi connectivity index (χ0v) is 12.8. The summed E-state index contributed by atoms with van der Waals surface area (Å²) in [5, 5.41) is 14.6. The Kier molecular flexibility index (Phi) is 5.77. The number of likely N-dealkylation sites (N-methyl/N-ethyl adjacent to an activating group) is 1. The zero-order valence-electron chi connectivity index (χ0n) is 12.8. The van der Waals surface area contributed by atoms with Crippen LogP contribution in [0.1, 0.15) is 25.3 Å². The summed E-state index contributed by atoms with van der Waals surface area (Å²) in [5.41, 5.74) is 1.06. The number of carboxylic acid groups (broad SMARTS) is 1. The molecular formula is C16H23N3O3. The van der Waals surface area contributed by atoms with Gasteiger partial charge in [0, 0.05) is 18.6 Å². The van der Waals surface area contributed by atoms with E-state index in [2.05, 4.69) is 10.6 Å². The topological polar surface area (TPSA) is 81.7 Å². The van der Waals surface area contributed by atoms with Crippen LogP contribution in [0.4, 0.5) is 4.79 Å². The molecule has 120 valence electrons. The predicted octanol–water partition coefficient (Wildman–Crippen LogP) is 1.42. The normalized spacial score (nSPS) is 20.3. The van der Waals surface area contributed by atoms with E-state index in [1.54, 1.807) is 0 Å². The fraction of sp³-hybridized carbons (Fsp3) is 0.500. The van der Waals surface area contributed by atoms with Crippen molar-refractivity contribution in [3.05, 3.63) is 35.9 Å². The van der Waals surface area contributed by atoms with E-state index >= 15 is 0 Å². The Labute approximate surface area is 130 Å². The minimum atomic E-state index is -0.807. The summed E-state index contributed by atoms with van der Waals surface area (Å²) in [7, 11) is 0. The number of benzene rings is 1. The number of amides is 2. The summed E-state index contributed by atoms with van der Waals surface area (Å²) in [6, 6.07) is 9.95. The molecule has 0 atom stereocenters. The van der Waals surface area contributed by atoms with Gasteiger partial charge in [-0.2, -0.15) is 0 Å². The molecule has 2 amide bonds. The minimum Gasteiger partial charge on any atom is -0.480 e. The van der Waals surface area contributed by atoms with Gasteiger partial charge < -0.3 is 15.7 Å². The number of hydrogen-bond donors (Lipinski definition) is 3. The smallest absolute Gasteiger partial charge is 0.317 e. The second-order valence-electron chi connectivity index (χ2n) is 5.59. The van der Waals surface area contributed by atoms with Crippen molar-refractivity contribution in [2.75, 3.05) is 13.1 Å². The van der Waals surface area contributed by atoms with E-state index < -0.39 is 5.97 Å². The zero-order chi connectivity index (χ0) is 15.9. The molecule has 1 aromatic carbocycles. The first-order chi connectivity index (χ1) is 10.6. The Morgan fingerprint density at radius 3 is 2.55 bits per heavy atom. The summed E-state index contributed by atoms with van der Waals surface area (Å²) < 4.78 is 0. The Bertz CT molecular complexity index is 501. The fourth-order valence-corrected chi connectivity index (χ4v) is 2.69. The molecule has 6 nitrogen and oxygen atoms in total. The molecule has 0 saturated heterocycles. The van der Waals surface area contributed by atoms with Crippen LogP contribution >= 0.6 is 0 Å². The monoisotopic (exact) mass is 305 g/mol. The number of carbonyl (C=O) groups is 2. The highest BCUT2D eigenvalue weighted by atomic mass is 16.4.